The van der Waals surface area contributed by atoms with Gasteiger partial charge in [-0.25, -0.2) is 4.98 Å². The van der Waals surface area contributed by atoms with Crippen molar-refractivity contribution in [3.8, 4) is 11.4 Å². The van der Waals surface area contributed by atoms with Gasteiger partial charge in [0.1, 0.15) is 6.04 Å². The molecule has 1 aromatic carbocycles. The fourth-order valence-corrected chi connectivity index (χ4v) is 5.33. The van der Waals surface area contributed by atoms with Crippen molar-refractivity contribution < 1.29 is 4.90 Å². The van der Waals surface area contributed by atoms with Gasteiger partial charge < -0.3 is 9.47 Å². The number of nitrogens with one attached hydrogen (secondary N) is 1. The molecule has 1 aliphatic heterocycles. The van der Waals surface area contributed by atoms with Crippen molar-refractivity contribution in [1.29, 1.82) is 0 Å². The fourth-order valence-electron chi connectivity index (χ4n) is 3.97. The summed E-state index contributed by atoms with van der Waals surface area (Å²) in [6.45, 7) is 1.88. The number of fused-ring (bicyclic) bond motifs is 1. The molecule has 142 valence electrons. The summed E-state index contributed by atoms with van der Waals surface area (Å²) in [5, 5.41) is 6.05. The van der Waals surface area contributed by atoms with Crippen LogP contribution in [-0.4, -0.2) is 30.9 Å². The fraction of sp³-hybridized carbons (Fsp3) is 0.300. The zero-order chi connectivity index (χ0) is 19.1. The molecule has 4 aromatic rings. The Morgan fingerprint density at radius 3 is 2.86 bits per heavy atom. The first kappa shape index (κ1) is 17.7. The van der Waals surface area contributed by atoms with Gasteiger partial charge in [-0.3, -0.25) is 4.98 Å². The lowest BCUT2D eigenvalue weighted by atomic mass is 10.2. The number of pyridine rings is 1. The number of hydrogen-bond acceptors (Lipinski definition) is 5. The second-order valence-electron chi connectivity index (χ2n) is 7.18. The number of hydrogen-bond donors (Lipinski definition) is 1. The number of likely N-dealkylation sites (tertiary alicyclic amines) is 1. The van der Waals surface area contributed by atoms with Gasteiger partial charge in [0.05, 0.1) is 16.8 Å². The summed E-state index contributed by atoms with van der Waals surface area (Å²) in [7, 11) is 1.98. The number of rotatable bonds is 4. The lowest BCUT2D eigenvalue weighted by Crippen LogP contribution is -3.09. The topological polar surface area (TPSA) is 53.0 Å². The van der Waals surface area contributed by atoms with Gasteiger partial charge in [0, 0.05) is 37.8 Å². The van der Waals surface area contributed by atoms with E-state index in [9.17, 15) is 0 Å². The molecule has 1 saturated heterocycles. The SMILES string of the molecule is Cn1c(-c2ccncc2)nn(C[NH+]2CCC[C@H]2c2nc3ccccc3s2)c1=S. The number of para-hydroxylation sites is 1. The summed E-state index contributed by atoms with van der Waals surface area (Å²) >= 11 is 7.50. The second kappa shape index (κ2) is 7.20. The molecule has 0 amide bonds. The number of aromatic nitrogens is 5. The highest BCUT2D eigenvalue weighted by atomic mass is 32.1. The normalized spacial score (nSPS) is 19.5. The number of thiazole rings is 1. The third-order valence-corrected chi connectivity index (χ3v) is 7.06. The zero-order valence-corrected chi connectivity index (χ0v) is 17.2. The first-order chi connectivity index (χ1) is 13.7. The molecule has 0 spiro atoms. The molecule has 1 aliphatic rings. The number of nitrogens with zero attached hydrogens (tertiary/aromatic N) is 5. The van der Waals surface area contributed by atoms with Crippen LogP contribution in [0.2, 0.25) is 0 Å². The zero-order valence-electron chi connectivity index (χ0n) is 15.6. The maximum atomic E-state index is 5.68. The van der Waals surface area contributed by atoms with Crippen LogP contribution in [0.4, 0.5) is 0 Å². The van der Waals surface area contributed by atoms with Crippen molar-refractivity contribution in [3.63, 3.8) is 0 Å². The lowest BCUT2D eigenvalue weighted by Gasteiger charge is -2.19. The summed E-state index contributed by atoms with van der Waals surface area (Å²) in [6, 6.07) is 12.7. The van der Waals surface area contributed by atoms with E-state index in [1.165, 1.54) is 21.0 Å². The van der Waals surface area contributed by atoms with Crippen LogP contribution in [0.5, 0.6) is 0 Å². The summed E-state index contributed by atoms with van der Waals surface area (Å²) in [5.41, 5.74) is 2.13. The molecule has 28 heavy (non-hydrogen) atoms. The highest BCUT2D eigenvalue weighted by molar-refractivity contribution is 7.71. The molecule has 8 heteroatoms. The summed E-state index contributed by atoms with van der Waals surface area (Å²) in [6.07, 6.45) is 5.93. The van der Waals surface area contributed by atoms with Gasteiger partial charge in [0.2, 0.25) is 4.77 Å². The third-order valence-electron chi connectivity index (χ3n) is 5.42. The smallest absolute Gasteiger partial charge is 0.202 e. The Hall–Kier alpha value is -2.42. The molecule has 2 atom stereocenters. The first-order valence-corrected chi connectivity index (χ1v) is 10.7. The first-order valence-electron chi connectivity index (χ1n) is 9.45. The molecule has 1 N–H and O–H groups in total. The van der Waals surface area contributed by atoms with Gasteiger partial charge in [-0.1, -0.05) is 12.1 Å². The maximum Gasteiger partial charge on any atom is 0.202 e. The summed E-state index contributed by atoms with van der Waals surface area (Å²) in [4.78, 5) is 10.5. The quantitative estimate of drug-likeness (QED) is 0.527. The maximum absolute atomic E-state index is 5.68. The molecule has 0 saturated carbocycles. The molecule has 0 aliphatic carbocycles. The van der Waals surface area contributed by atoms with E-state index < -0.39 is 0 Å². The van der Waals surface area contributed by atoms with Gasteiger partial charge in [0.15, 0.2) is 17.5 Å². The van der Waals surface area contributed by atoms with Gasteiger partial charge in [-0.2, -0.15) is 4.68 Å². The minimum atomic E-state index is 0.408. The Labute approximate surface area is 172 Å². The van der Waals surface area contributed by atoms with Crippen LogP contribution in [0.25, 0.3) is 21.6 Å². The van der Waals surface area contributed by atoms with E-state index in [1.807, 2.05) is 39.8 Å². The molecule has 1 fully saturated rings. The van der Waals surface area contributed by atoms with Gasteiger partial charge in [0.25, 0.3) is 0 Å². The highest BCUT2D eigenvalue weighted by Gasteiger charge is 2.33. The van der Waals surface area contributed by atoms with E-state index >= 15 is 0 Å². The molecule has 1 unspecified atom stereocenters. The predicted octanol–water partition coefficient (Wildman–Crippen LogP) is 3.00. The highest BCUT2D eigenvalue weighted by Crippen LogP contribution is 2.28. The minimum absolute atomic E-state index is 0.408. The molecule has 3 aromatic heterocycles. The summed E-state index contributed by atoms with van der Waals surface area (Å²) < 4.78 is 5.95. The lowest BCUT2D eigenvalue weighted by molar-refractivity contribution is -0.941. The second-order valence-corrected chi connectivity index (χ2v) is 8.61. The van der Waals surface area contributed by atoms with Crippen molar-refractivity contribution in [1.82, 2.24) is 24.3 Å². The van der Waals surface area contributed by atoms with E-state index in [2.05, 4.69) is 29.2 Å². The number of quaternary nitrogens is 1. The Balaban J connectivity index is 1.45. The third kappa shape index (κ3) is 3.07. The monoisotopic (exact) mass is 409 g/mol. The largest absolute Gasteiger partial charge is 0.308 e. The van der Waals surface area contributed by atoms with E-state index in [0.717, 1.165) is 41.3 Å². The van der Waals surface area contributed by atoms with Crippen molar-refractivity contribution in [3.05, 3.63) is 58.6 Å². The van der Waals surface area contributed by atoms with E-state index in [0.29, 0.717) is 6.04 Å². The van der Waals surface area contributed by atoms with Crippen LogP contribution in [0.3, 0.4) is 0 Å². The Morgan fingerprint density at radius 1 is 1.21 bits per heavy atom. The van der Waals surface area contributed by atoms with Crippen LogP contribution >= 0.6 is 23.6 Å². The Kier molecular flexibility index (Phi) is 4.54. The molecular formula is C20H21N6S2+. The molecule has 0 bridgehead atoms. The minimum Gasteiger partial charge on any atom is -0.308 e. The Bertz CT molecular complexity index is 1140. The average Bonchev–Trinajstić information content (AvgIpc) is 3.42. The van der Waals surface area contributed by atoms with Crippen molar-refractivity contribution in [2.24, 2.45) is 7.05 Å². The molecular weight excluding hydrogens is 388 g/mol. The van der Waals surface area contributed by atoms with Crippen LogP contribution in [-0.2, 0) is 13.7 Å². The van der Waals surface area contributed by atoms with Crippen LogP contribution in [0.1, 0.15) is 23.9 Å². The van der Waals surface area contributed by atoms with Gasteiger partial charge >= 0.3 is 0 Å². The van der Waals surface area contributed by atoms with Gasteiger partial charge in [-0.15, -0.1) is 16.4 Å². The van der Waals surface area contributed by atoms with Crippen LogP contribution < -0.4 is 4.90 Å². The standard InChI is InChI=1S/C20H20N6S2/c1-24-18(14-8-10-21-11-9-14)23-26(20(24)27)13-25-12-4-6-16(25)19-22-15-5-2-3-7-17(15)28-19/h2-3,5,7-11,16H,4,6,12-13H2,1H3/p+1/t16-/m0/s1. The van der Waals surface area contributed by atoms with E-state index in [-0.39, 0.29) is 0 Å². The van der Waals surface area contributed by atoms with E-state index in [1.54, 1.807) is 12.4 Å². The molecule has 5 rings (SSSR count). The molecule has 4 heterocycles. The van der Waals surface area contributed by atoms with Crippen molar-refractivity contribution in [2.75, 3.05) is 6.54 Å². The van der Waals surface area contributed by atoms with Crippen LogP contribution in [0, 0.1) is 4.77 Å². The Morgan fingerprint density at radius 2 is 2.04 bits per heavy atom. The predicted molar refractivity (Wildman–Crippen MR) is 113 cm³/mol. The summed E-state index contributed by atoms with van der Waals surface area (Å²) in [5.74, 6) is 0.877. The number of benzene rings is 1. The van der Waals surface area contributed by atoms with Gasteiger partial charge in [-0.05, 0) is 36.5 Å². The van der Waals surface area contributed by atoms with Crippen molar-refractivity contribution >= 4 is 33.8 Å². The molecule has 0 radical (unpaired) electrons. The molecule has 6 nitrogen and oxygen atoms in total. The average molecular weight is 410 g/mol. The van der Waals surface area contributed by atoms with Crippen molar-refractivity contribution in [2.45, 2.75) is 25.6 Å². The van der Waals surface area contributed by atoms with E-state index in [4.69, 9.17) is 22.3 Å². The van der Waals surface area contributed by atoms with Crippen LogP contribution in [0.15, 0.2) is 48.8 Å².